The normalized spacial score (nSPS) is 14.2. The SMILES string of the molecule is CC/C=C\C/C=C\C/C=C\C/C=C\C/C=C\CCCC(CC(=O)NC(CO)C(O)CCCCCCCCCCC)OC(=O)CCCCCCC\C=C/C=C/C=C/CC. The topological polar surface area (TPSA) is 95.9 Å². The van der Waals surface area contributed by atoms with Crippen molar-refractivity contribution < 1.29 is 24.5 Å². The lowest BCUT2D eigenvalue weighted by Crippen LogP contribution is -2.46. The summed E-state index contributed by atoms with van der Waals surface area (Å²) in [5, 5.41) is 23.6. The quantitative estimate of drug-likeness (QED) is 0.0248. The number of aliphatic hydroxyl groups excluding tert-OH is 2. The summed E-state index contributed by atoms with van der Waals surface area (Å²) in [6, 6.07) is -0.728. The van der Waals surface area contributed by atoms with Crippen LogP contribution >= 0.6 is 0 Å². The summed E-state index contributed by atoms with van der Waals surface area (Å²) in [5.41, 5.74) is 0. The van der Waals surface area contributed by atoms with Crippen molar-refractivity contribution in [1.29, 1.82) is 0 Å². The molecular formula is C52H87NO5. The van der Waals surface area contributed by atoms with Crippen LogP contribution < -0.4 is 5.32 Å². The van der Waals surface area contributed by atoms with E-state index in [1.165, 1.54) is 38.5 Å². The summed E-state index contributed by atoms with van der Waals surface area (Å²) in [6.45, 7) is 6.17. The van der Waals surface area contributed by atoms with E-state index in [1.807, 2.05) is 0 Å². The van der Waals surface area contributed by atoms with Crippen molar-refractivity contribution in [2.24, 2.45) is 0 Å². The van der Waals surface area contributed by atoms with E-state index in [-0.39, 0.29) is 24.9 Å². The number of carbonyl (C=O) groups is 2. The third-order valence-electron chi connectivity index (χ3n) is 9.97. The number of unbranched alkanes of at least 4 members (excludes halogenated alkanes) is 14. The summed E-state index contributed by atoms with van der Waals surface area (Å²) < 4.78 is 5.87. The zero-order valence-corrected chi connectivity index (χ0v) is 37.4. The van der Waals surface area contributed by atoms with Crippen LogP contribution in [0.4, 0.5) is 0 Å². The second-order valence-electron chi connectivity index (χ2n) is 15.5. The highest BCUT2D eigenvalue weighted by molar-refractivity contribution is 5.77. The lowest BCUT2D eigenvalue weighted by atomic mass is 10.0. The van der Waals surface area contributed by atoms with E-state index >= 15 is 0 Å². The molecule has 0 aromatic rings. The molecule has 0 heterocycles. The van der Waals surface area contributed by atoms with Crippen LogP contribution in [0.15, 0.2) is 97.2 Å². The van der Waals surface area contributed by atoms with Gasteiger partial charge in [-0.05, 0) is 83.5 Å². The lowest BCUT2D eigenvalue weighted by Gasteiger charge is -2.24. The molecule has 0 spiro atoms. The van der Waals surface area contributed by atoms with Crippen molar-refractivity contribution in [3.8, 4) is 0 Å². The van der Waals surface area contributed by atoms with Crippen molar-refractivity contribution in [3.05, 3.63) is 97.2 Å². The minimum absolute atomic E-state index is 0.0241. The minimum atomic E-state index is -0.810. The molecule has 3 atom stereocenters. The smallest absolute Gasteiger partial charge is 0.306 e. The van der Waals surface area contributed by atoms with Crippen molar-refractivity contribution in [2.75, 3.05) is 6.61 Å². The summed E-state index contributed by atoms with van der Waals surface area (Å²) >= 11 is 0. The fraction of sp³-hybridized carbons (Fsp3) is 0.654. The predicted molar refractivity (Wildman–Crippen MR) is 250 cm³/mol. The van der Waals surface area contributed by atoms with E-state index in [9.17, 15) is 19.8 Å². The molecule has 1 amide bonds. The number of amides is 1. The molecule has 58 heavy (non-hydrogen) atoms. The van der Waals surface area contributed by atoms with Crippen LogP contribution in [-0.4, -0.2) is 46.9 Å². The zero-order valence-electron chi connectivity index (χ0n) is 37.4. The highest BCUT2D eigenvalue weighted by Crippen LogP contribution is 2.16. The fourth-order valence-corrected chi connectivity index (χ4v) is 6.46. The molecule has 0 rings (SSSR count). The van der Waals surface area contributed by atoms with Crippen LogP contribution in [0, 0.1) is 0 Å². The van der Waals surface area contributed by atoms with E-state index in [1.54, 1.807) is 0 Å². The van der Waals surface area contributed by atoms with Gasteiger partial charge in [0.15, 0.2) is 0 Å². The van der Waals surface area contributed by atoms with Gasteiger partial charge >= 0.3 is 5.97 Å². The molecule has 3 N–H and O–H groups in total. The second-order valence-corrected chi connectivity index (χ2v) is 15.5. The number of aliphatic hydroxyl groups is 2. The Hall–Kier alpha value is -3.22. The highest BCUT2D eigenvalue weighted by atomic mass is 16.5. The molecule has 0 fully saturated rings. The minimum Gasteiger partial charge on any atom is -0.462 e. The Bertz CT molecular complexity index is 1180. The number of ether oxygens (including phenoxy) is 1. The summed E-state index contributed by atoms with van der Waals surface area (Å²) in [5.74, 6) is -0.566. The highest BCUT2D eigenvalue weighted by Gasteiger charge is 2.24. The van der Waals surface area contributed by atoms with E-state index < -0.39 is 18.2 Å². The molecule has 0 aliphatic rings. The van der Waals surface area contributed by atoms with Gasteiger partial charge in [-0.25, -0.2) is 0 Å². The van der Waals surface area contributed by atoms with E-state index in [0.717, 1.165) is 109 Å². The van der Waals surface area contributed by atoms with Gasteiger partial charge < -0.3 is 20.3 Å². The molecule has 0 aromatic carbocycles. The molecule has 330 valence electrons. The average Bonchev–Trinajstić information content (AvgIpc) is 3.22. The van der Waals surface area contributed by atoms with Gasteiger partial charge in [-0.15, -0.1) is 0 Å². The van der Waals surface area contributed by atoms with Crippen LogP contribution in [0.25, 0.3) is 0 Å². The van der Waals surface area contributed by atoms with Crippen LogP contribution in [-0.2, 0) is 14.3 Å². The Labute approximate surface area is 356 Å². The number of hydrogen-bond acceptors (Lipinski definition) is 5. The molecule has 0 saturated carbocycles. The Balaban J connectivity index is 4.78. The Morgan fingerprint density at radius 1 is 0.534 bits per heavy atom. The first-order chi connectivity index (χ1) is 28.5. The molecule has 0 saturated heterocycles. The van der Waals surface area contributed by atoms with E-state index in [4.69, 9.17) is 4.74 Å². The number of rotatable bonds is 40. The molecular weight excluding hydrogens is 719 g/mol. The maximum absolute atomic E-state index is 13.1. The van der Waals surface area contributed by atoms with Gasteiger partial charge in [0.05, 0.1) is 25.2 Å². The van der Waals surface area contributed by atoms with E-state index in [0.29, 0.717) is 19.3 Å². The summed E-state index contributed by atoms with van der Waals surface area (Å²) in [6.07, 6.45) is 59.0. The third-order valence-corrected chi connectivity index (χ3v) is 9.97. The van der Waals surface area contributed by atoms with Crippen molar-refractivity contribution >= 4 is 11.9 Å². The predicted octanol–water partition coefficient (Wildman–Crippen LogP) is 13.8. The van der Waals surface area contributed by atoms with Crippen molar-refractivity contribution in [3.63, 3.8) is 0 Å². The third kappa shape index (κ3) is 39.6. The van der Waals surface area contributed by atoms with Crippen LogP contribution in [0.3, 0.4) is 0 Å². The van der Waals surface area contributed by atoms with Crippen molar-refractivity contribution in [2.45, 2.75) is 212 Å². The molecule has 0 radical (unpaired) electrons. The first kappa shape index (κ1) is 54.8. The van der Waals surface area contributed by atoms with Gasteiger partial charge in [0.25, 0.3) is 0 Å². The van der Waals surface area contributed by atoms with Gasteiger partial charge in [-0.3, -0.25) is 9.59 Å². The summed E-state index contributed by atoms with van der Waals surface area (Å²) in [4.78, 5) is 26.0. The fourth-order valence-electron chi connectivity index (χ4n) is 6.46. The first-order valence-corrected chi connectivity index (χ1v) is 23.5. The maximum atomic E-state index is 13.1. The second kappa shape index (κ2) is 44.9. The first-order valence-electron chi connectivity index (χ1n) is 23.5. The van der Waals surface area contributed by atoms with Crippen LogP contribution in [0.5, 0.6) is 0 Å². The largest absolute Gasteiger partial charge is 0.462 e. The Morgan fingerprint density at radius 2 is 1.03 bits per heavy atom. The number of carbonyl (C=O) groups excluding carboxylic acids is 2. The van der Waals surface area contributed by atoms with Crippen LogP contribution in [0.2, 0.25) is 0 Å². The maximum Gasteiger partial charge on any atom is 0.306 e. The molecule has 0 aromatic heterocycles. The van der Waals surface area contributed by atoms with Crippen molar-refractivity contribution in [1.82, 2.24) is 5.32 Å². The zero-order chi connectivity index (χ0) is 42.4. The van der Waals surface area contributed by atoms with Gasteiger partial charge in [0, 0.05) is 6.42 Å². The number of allylic oxidation sites excluding steroid dienone is 16. The summed E-state index contributed by atoms with van der Waals surface area (Å²) in [7, 11) is 0. The Kier molecular flexibility index (Phi) is 42.4. The number of esters is 1. The van der Waals surface area contributed by atoms with Crippen LogP contribution in [0.1, 0.15) is 194 Å². The Morgan fingerprint density at radius 3 is 1.62 bits per heavy atom. The van der Waals surface area contributed by atoms with E-state index in [2.05, 4.69) is 123 Å². The molecule has 6 heteroatoms. The number of hydrogen-bond donors (Lipinski definition) is 3. The van der Waals surface area contributed by atoms with Gasteiger partial charge in [0.1, 0.15) is 6.10 Å². The molecule has 3 unspecified atom stereocenters. The number of nitrogens with one attached hydrogen (secondary N) is 1. The molecule has 0 aliphatic carbocycles. The molecule has 0 bridgehead atoms. The van der Waals surface area contributed by atoms with Gasteiger partial charge in [-0.2, -0.15) is 0 Å². The van der Waals surface area contributed by atoms with Gasteiger partial charge in [0.2, 0.25) is 5.91 Å². The average molecular weight is 806 g/mol. The molecule has 6 nitrogen and oxygen atoms in total. The monoisotopic (exact) mass is 806 g/mol. The lowest BCUT2D eigenvalue weighted by molar-refractivity contribution is -0.151. The molecule has 0 aliphatic heterocycles. The van der Waals surface area contributed by atoms with Gasteiger partial charge in [-0.1, -0.05) is 195 Å². The standard InChI is InChI=1S/C52H87NO5/c1-4-7-10-13-16-19-21-23-24-25-26-28-29-32-34-37-40-43-48(58-52(57)45-42-39-36-33-30-27-22-20-17-14-11-8-5-2)46-51(56)53-49(47-54)50(55)44-41-38-35-31-18-15-12-9-6-3/h7-8,10-11,14,16-17,19-20,22-24,26,28,32,34,48-50,54-55H,4-6,9,12-13,15,18,21,25,27,29-31,33,35-47H2,1-3H3,(H,53,56)/b10-7-,11-8+,17-14+,19-16-,22-20-,24-23-,28-26-,34-32-.